The first-order valence-electron chi connectivity index (χ1n) is 7.51. The number of carbonyl (C=O) groups excluding carboxylic acids is 2. The van der Waals surface area contributed by atoms with E-state index < -0.39 is 11.7 Å². The number of rotatable bonds is 4. The van der Waals surface area contributed by atoms with Crippen LogP contribution in [0, 0.1) is 0 Å². The molecule has 0 saturated carbocycles. The van der Waals surface area contributed by atoms with Gasteiger partial charge >= 0.3 is 0 Å². The summed E-state index contributed by atoms with van der Waals surface area (Å²) in [5.41, 5.74) is 2.64. The molecule has 3 rings (SSSR count). The molecule has 3 aromatic rings. The molecule has 0 fully saturated rings. The van der Waals surface area contributed by atoms with E-state index >= 15 is 0 Å². The van der Waals surface area contributed by atoms with E-state index in [2.05, 4.69) is 26.2 Å². The number of aromatic nitrogens is 1. The molecule has 1 amide bonds. The monoisotopic (exact) mass is 416 g/mol. The van der Waals surface area contributed by atoms with Crippen molar-refractivity contribution in [3.8, 4) is 0 Å². The Morgan fingerprint density at radius 3 is 2.52 bits per heavy atom. The number of H-pyrrole nitrogens is 1. The summed E-state index contributed by atoms with van der Waals surface area (Å²) < 4.78 is 0.883. The fraction of sp³-hybridized carbons (Fsp3) is 0.0526. The van der Waals surface area contributed by atoms with Gasteiger partial charge in [0, 0.05) is 27.4 Å². The van der Waals surface area contributed by atoms with Crippen molar-refractivity contribution < 1.29 is 9.59 Å². The van der Waals surface area contributed by atoms with Crippen molar-refractivity contribution in [2.75, 3.05) is 7.05 Å². The first-order valence-corrected chi connectivity index (χ1v) is 8.68. The Bertz CT molecular complexity index is 991. The number of amides is 1. The maximum Gasteiger partial charge on any atom is 0.292 e. The lowest BCUT2D eigenvalue weighted by Gasteiger charge is -2.00. The fourth-order valence-corrected chi connectivity index (χ4v) is 3.03. The van der Waals surface area contributed by atoms with E-state index in [0.717, 1.165) is 15.6 Å². The molecule has 0 unspecified atom stereocenters. The number of Topliss-reactive ketones (excluding diaryl/α,β-unsaturated/α-hetero) is 1. The number of fused-ring (bicyclic) bond motifs is 1. The predicted octanol–water partition coefficient (Wildman–Crippen LogP) is 4.68. The van der Waals surface area contributed by atoms with Gasteiger partial charge in [-0.05, 0) is 35.9 Å². The third-order valence-corrected chi connectivity index (χ3v) is 4.51. The van der Waals surface area contributed by atoms with Gasteiger partial charge in [-0.3, -0.25) is 9.59 Å². The number of halogens is 2. The molecule has 25 heavy (non-hydrogen) atoms. The fourth-order valence-electron chi connectivity index (χ4n) is 2.54. The van der Waals surface area contributed by atoms with Crippen LogP contribution in [0.3, 0.4) is 0 Å². The number of likely N-dealkylation sites (N-methyl/N-ethyl adjacent to an activating group) is 1. The Balaban J connectivity index is 2.11. The van der Waals surface area contributed by atoms with E-state index in [9.17, 15) is 9.59 Å². The third kappa shape index (κ3) is 3.67. The number of hydrogen-bond donors (Lipinski definition) is 2. The summed E-state index contributed by atoms with van der Waals surface area (Å²) in [7, 11) is 1.44. The van der Waals surface area contributed by atoms with Crippen LogP contribution in [0.1, 0.15) is 21.6 Å². The molecule has 0 atom stereocenters. The normalized spacial score (nSPS) is 11.2. The van der Waals surface area contributed by atoms with Crippen molar-refractivity contribution in [1.82, 2.24) is 10.3 Å². The lowest BCUT2D eigenvalue weighted by Crippen LogP contribution is -2.27. The van der Waals surface area contributed by atoms with Crippen molar-refractivity contribution in [1.29, 1.82) is 0 Å². The summed E-state index contributed by atoms with van der Waals surface area (Å²) in [4.78, 5) is 27.6. The molecule has 0 bridgehead atoms. The average Bonchev–Trinajstić information content (AvgIpc) is 2.97. The Labute approximate surface area is 158 Å². The molecule has 0 aliphatic rings. The first-order chi connectivity index (χ1) is 12.0. The number of ketones is 1. The zero-order chi connectivity index (χ0) is 18.0. The van der Waals surface area contributed by atoms with E-state index in [0.29, 0.717) is 21.7 Å². The molecule has 2 aromatic carbocycles. The van der Waals surface area contributed by atoms with Crippen LogP contribution in [0.2, 0.25) is 5.02 Å². The zero-order valence-electron chi connectivity index (χ0n) is 13.3. The van der Waals surface area contributed by atoms with Gasteiger partial charge in [0.05, 0.1) is 11.3 Å². The number of nitrogens with one attached hydrogen (secondary N) is 2. The standard InChI is InChI=1S/C19H14BrClN2O2/c1-22-19(25)18(24)17-14-8-5-12(20)10-16(14)23-15(17)9-4-11-2-6-13(21)7-3-11/h2-10,23H,1H3,(H,22,25)/b9-4+. The summed E-state index contributed by atoms with van der Waals surface area (Å²) in [6.07, 6.45) is 3.64. The van der Waals surface area contributed by atoms with Crippen LogP contribution in [-0.4, -0.2) is 23.7 Å². The van der Waals surface area contributed by atoms with Crippen LogP contribution in [0.4, 0.5) is 0 Å². The van der Waals surface area contributed by atoms with Gasteiger partial charge in [-0.2, -0.15) is 0 Å². The molecule has 2 N–H and O–H groups in total. The van der Waals surface area contributed by atoms with Crippen molar-refractivity contribution in [2.24, 2.45) is 0 Å². The molecule has 126 valence electrons. The predicted molar refractivity (Wildman–Crippen MR) is 105 cm³/mol. The van der Waals surface area contributed by atoms with Crippen molar-refractivity contribution >= 4 is 62.3 Å². The second kappa shape index (κ2) is 7.25. The molecule has 0 spiro atoms. The SMILES string of the molecule is CNC(=O)C(=O)c1c(/C=C/c2ccc(Cl)cc2)[nH]c2cc(Br)ccc12. The highest BCUT2D eigenvalue weighted by Gasteiger charge is 2.22. The maximum atomic E-state index is 12.5. The Kier molecular flexibility index (Phi) is 5.06. The topological polar surface area (TPSA) is 62.0 Å². The minimum Gasteiger partial charge on any atom is -0.354 e. The average molecular weight is 418 g/mol. The van der Waals surface area contributed by atoms with E-state index in [1.54, 1.807) is 18.2 Å². The summed E-state index contributed by atoms with van der Waals surface area (Å²) >= 11 is 9.30. The van der Waals surface area contributed by atoms with Crippen LogP contribution in [0.25, 0.3) is 23.1 Å². The molecule has 0 aliphatic heterocycles. The van der Waals surface area contributed by atoms with Gasteiger partial charge in [0.1, 0.15) is 0 Å². The highest BCUT2D eigenvalue weighted by molar-refractivity contribution is 9.10. The van der Waals surface area contributed by atoms with Crippen LogP contribution >= 0.6 is 27.5 Å². The van der Waals surface area contributed by atoms with Gasteiger partial charge in [-0.1, -0.05) is 51.8 Å². The number of hydrogen-bond acceptors (Lipinski definition) is 2. The van der Waals surface area contributed by atoms with Crippen molar-refractivity contribution in [3.05, 3.63) is 68.8 Å². The van der Waals surface area contributed by atoms with Gasteiger partial charge in [0.25, 0.3) is 11.7 Å². The van der Waals surface area contributed by atoms with E-state index in [-0.39, 0.29) is 0 Å². The van der Waals surface area contributed by atoms with Crippen molar-refractivity contribution in [3.63, 3.8) is 0 Å². The molecule has 1 heterocycles. The van der Waals surface area contributed by atoms with Gasteiger partial charge in [-0.15, -0.1) is 0 Å². The first kappa shape index (κ1) is 17.5. The second-order valence-electron chi connectivity index (χ2n) is 5.40. The highest BCUT2D eigenvalue weighted by Crippen LogP contribution is 2.27. The smallest absolute Gasteiger partial charge is 0.292 e. The largest absolute Gasteiger partial charge is 0.354 e. The molecule has 6 heteroatoms. The van der Waals surface area contributed by atoms with E-state index in [4.69, 9.17) is 11.6 Å². The Morgan fingerprint density at radius 1 is 1.12 bits per heavy atom. The number of benzene rings is 2. The summed E-state index contributed by atoms with van der Waals surface area (Å²) in [6, 6.07) is 12.8. The van der Waals surface area contributed by atoms with Gasteiger partial charge in [0.15, 0.2) is 0 Å². The van der Waals surface area contributed by atoms with Crippen molar-refractivity contribution in [2.45, 2.75) is 0 Å². The molecule has 4 nitrogen and oxygen atoms in total. The summed E-state index contributed by atoms with van der Waals surface area (Å²) in [6.45, 7) is 0. The van der Waals surface area contributed by atoms with Crippen LogP contribution in [-0.2, 0) is 4.79 Å². The highest BCUT2D eigenvalue weighted by atomic mass is 79.9. The van der Waals surface area contributed by atoms with Gasteiger partial charge in [0.2, 0.25) is 0 Å². The quantitative estimate of drug-likeness (QED) is 0.478. The van der Waals surface area contributed by atoms with Gasteiger partial charge in [-0.25, -0.2) is 0 Å². The lowest BCUT2D eigenvalue weighted by atomic mass is 10.0. The molecule has 1 aromatic heterocycles. The molecule has 0 saturated heterocycles. The summed E-state index contributed by atoms with van der Waals surface area (Å²) in [5.74, 6) is -1.23. The zero-order valence-corrected chi connectivity index (χ0v) is 15.6. The van der Waals surface area contributed by atoms with Crippen LogP contribution < -0.4 is 5.32 Å². The van der Waals surface area contributed by atoms with Crippen LogP contribution in [0.5, 0.6) is 0 Å². The Morgan fingerprint density at radius 2 is 1.84 bits per heavy atom. The van der Waals surface area contributed by atoms with Gasteiger partial charge < -0.3 is 10.3 Å². The minimum atomic E-state index is -0.648. The minimum absolute atomic E-state index is 0.354. The van der Waals surface area contributed by atoms with E-state index in [1.165, 1.54) is 7.05 Å². The molecular formula is C19H14BrClN2O2. The second-order valence-corrected chi connectivity index (χ2v) is 6.75. The van der Waals surface area contributed by atoms with E-state index in [1.807, 2.05) is 36.4 Å². The number of carbonyl (C=O) groups is 2. The Hall–Kier alpha value is -2.37. The lowest BCUT2D eigenvalue weighted by molar-refractivity contribution is -0.116. The number of aromatic amines is 1. The molecule has 0 aliphatic carbocycles. The molecular weight excluding hydrogens is 404 g/mol. The molecule has 0 radical (unpaired) electrons. The third-order valence-electron chi connectivity index (χ3n) is 3.76. The maximum absolute atomic E-state index is 12.5. The summed E-state index contributed by atoms with van der Waals surface area (Å²) in [5, 5.41) is 3.74. The van der Waals surface area contributed by atoms with Crippen LogP contribution in [0.15, 0.2) is 46.9 Å².